The molecule has 2 aromatic rings. The Hall–Kier alpha value is -1.88. The van der Waals surface area contributed by atoms with E-state index in [4.69, 9.17) is 0 Å². The fourth-order valence-corrected chi connectivity index (χ4v) is 3.39. The lowest BCUT2D eigenvalue weighted by Crippen LogP contribution is -2.38. The van der Waals surface area contributed by atoms with Crippen molar-refractivity contribution in [3.8, 4) is 0 Å². The van der Waals surface area contributed by atoms with Crippen LogP contribution >= 0.6 is 11.3 Å². The van der Waals surface area contributed by atoms with E-state index in [0.29, 0.717) is 4.88 Å². The molecule has 2 heterocycles. The lowest BCUT2D eigenvalue weighted by atomic mass is 10.2. The Balaban J connectivity index is 1.62. The molecule has 0 radical (unpaired) electrons. The Kier molecular flexibility index (Phi) is 3.69. The molecule has 3 rings (SSSR count). The first-order valence-electron chi connectivity index (χ1n) is 6.78. The number of thiophene rings is 1. The van der Waals surface area contributed by atoms with Crippen LogP contribution in [0.25, 0.3) is 10.1 Å². The Labute approximate surface area is 121 Å². The van der Waals surface area contributed by atoms with Crippen molar-refractivity contribution in [2.45, 2.75) is 12.8 Å². The number of fused-ring (bicyclic) bond motifs is 1. The Bertz CT molecular complexity index is 611. The molecule has 1 aliphatic rings. The average Bonchev–Trinajstić information content (AvgIpc) is 3.12. The van der Waals surface area contributed by atoms with E-state index in [1.54, 1.807) is 0 Å². The van der Waals surface area contributed by atoms with Crippen LogP contribution in [-0.4, -0.2) is 36.3 Å². The predicted octanol–water partition coefficient (Wildman–Crippen LogP) is 2.25. The summed E-state index contributed by atoms with van der Waals surface area (Å²) in [6, 6.07) is 9.75. The second-order valence-electron chi connectivity index (χ2n) is 4.92. The average molecular weight is 288 g/mol. The van der Waals surface area contributed by atoms with Gasteiger partial charge in [-0.05, 0) is 30.4 Å². The third-order valence-electron chi connectivity index (χ3n) is 3.51. The highest BCUT2D eigenvalue weighted by Crippen LogP contribution is 2.24. The fourth-order valence-electron chi connectivity index (χ4n) is 2.42. The minimum atomic E-state index is -0.168. The van der Waals surface area contributed by atoms with E-state index >= 15 is 0 Å². The number of nitrogens with zero attached hydrogens (tertiary/aromatic N) is 1. The molecule has 0 saturated carbocycles. The van der Waals surface area contributed by atoms with E-state index in [2.05, 4.69) is 5.32 Å². The summed E-state index contributed by atoms with van der Waals surface area (Å²) in [5.41, 5.74) is 0. The van der Waals surface area contributed by atoms with E-state index in [-0.39, 0.29) is 18.4 Å². The van der Waals surface area contributed by atoms with Crippen LogP contribution in [0.4, 0.5) is 0 Å². The quantitative estimate of drug-likeness (QED) is 0.941. The monoisotopic (exact) mass is 288 g/mol. The highest BCUT2D eigenvalue weighted by atomic mass is 32.1. The zero-order chi connectivity index (χ0) is 13.9. The van der Waals surface area contributed by atoms with Crippen molar-refractivity contribution in [3.63, 3.8) is 0 Å². The summed E-state index contributed by atoms with van der Waals surface area (Å²) >= 11 is 1.45. The first-order valence-corrected chi connectivity index (χ1v) is 7.60. The summed E-state index contributed by atoms with van der Waals surface area (Å²) in [7, 11) is 0. The zero-order valence-corrected chi connectivity index (χ0v) is 11.9. The molecule has 1 aromatic heterocycles. The molecule has 0 spiro atoms. The lowest BCUT2D eigenvalue weighted by Gasteiger charge is -2.15. The molecule has 1 aliphatic heterocycles. The summed E-state index contributed by atoms with van der Waals surface area (Å²) in [5, 5.41) is 3.78. The first-order chi connectivity index (χ1) is 9.74. The van der Waals surface area contributed by atoms with Gasteiger partial charge in [-0.3, -0.25) is 9.59 Å². The van der Waals surface area contributed by atoms with Gasteiger partial charge < -0.3 is 10.2 Å². The molecule has 1 aromatic carbocycles. The molecule has 1 saturated heterocycles. The maximum Gasteiger partial charge on any atom is 0.261 e. The normalized spacial score (nSPS) is 14.7. The minimum absolute atomic E-state index is 0.0111. The molecular formula is C15H16N2O2S. The molecule has 20 heavy (non-hydrogen) atoms. The largest absolute Gasteiger partial charge is 0.342 e. The third-order valence-corrected chi connectivity index (χ3v) is 4.62. The second kappa shape index (κ2) is 5.63. The topological polar surface area (TPSA) is 49.4 Å². The van der Waals surface area contributed by atoms with Gasteiger partial charge in [-0.2, -0.15) is 0 Å². The summed E-state index contributed by atoms with van der Waals surface area (Å²) in [4.78, 5) is 26.4. The molecular weight excluding hydrogens is 272 g/mol. The van der Waals surface area contributed by atoms with Gasteiger partial charge in [0, 0.05) is 17.8 Å². The van der Waals surface area contributed by atoms with Gasteiger partial charge in [0.1, 0.15) is 0 Å². The van der Waals surface area contributed by atoms with Gasteiger partial charge in [0.05, 0.1) is 11.4 Å². The number of hydrogen-bond donors (Lipinski definition) is 1. The van der Waals surface area contributed by atoms with Gasteiger partial charge in [0.2, 0.25) is 5.91 Å². The van der Waals surface area contributed by atoms with Crippen LogP contribution in [0.3, 0.4) is 0 Å². The van der Waals surface area contributed by atoms with Crippen molar-refractivity contribution in [2.75, 3.05) is 19.6 Å². The number of hydrogen-bond acceptors (Lipinski definition) is 3. The Morgan fingerprint density at radius 2 is 1.95 bits per heavy atom. The third kappa shape index (κ3) is 2.67. The molecule has 0 atom stereocenters. The van der Waals surface area contributed by atoms with Gasteiger partial charge in [-0.25, -0.2) is 0 Å². The summed E-state index contributed by atoms with van der Waals surface area (Å²) in [5.74, 6) is -0.157. The van der Waals surface area contributed by atoms with Crippen molar-refractivity contribution < 1.29 is 9.59 Å². The van der Waals surface area contributed by atoms with Gasteiger partial charge in [0.25, 0.3) is 5.91 Å². The minimum Gasteiger partial charge on any atom is -0.342 e. The van der Waals surface area contributed by atoms with E-state index in [1.165, 1.54) is 11.3 Å². The number of carbonyl (C=O) groups is 2. The van der Waals surface area contributed by atoms with Crippen LogP contribution in [0.1, 0.15) is 22.5 Å². The number of likely N-dealkylation sites (tertiary alicyclic amines) is 1. The first kappa shape index (κ1) is 13.1. The van der Waals surface area contributed by atoms with E-state index in [9.17, 15) is 9.59 Å². The number of nitrogens with one attached hydrogen (secondary N) is 1. The highest BCUT2D eigenvalue weighted by molar-refractivity contribution is 7.20. The van der Waals surface area contributed by atoms with Gasteiger partial charge in [-0.1, -0.05) is 18.2 Å². The standard InChI is InChI=1S/C15H16N2O2S/c18-14(17-7-3-4-8-17)10-16-15(19)13-9-11-5-1-2-6-12(11)20-13/h1-2,5-6,9H,3-4,7-8,10H2,(H,16,19). The number of benzene rings is 1. The molecule has 4 nitrogen and oxygen atoms in total. The number of amides is 2. The molecule has 0 aliphatic carbocycles. The Morgan fingerprint density at radius 1 is 1.20 bits per heavy atom. The van der Waals surface area contributed by atoms with E-state index in [1.807, 2.05) is 35.2 Å². The maximum atomic E-state index is 12.1. The maximum absolute atomic E-state index is 12.1. The molecule has 0 unspecified atom stereocenters. The summed E-state index contributed by atoms with van der Waals surface area (Å²) in [6.45, 7) is 1.72. The van der Waals surface area contributed by atoms with Gasteiger partial charge in [-0.15, -0.1) is 11.3 Å². The molecule has 2 amide bonds. The number of rotatable bonds is 3. The lowest BCUT2D eigenvalue weighted by molar-refractivity contribution is -0.129. The van der Waals surface area contributed by atoms with Crippen molar-refractivity contribution >= 4 is 33.2 Å². The second-order valence-corrected chi connectivity index (χ2v) is 6.00. The van der Waals surface area contributed by atoms with Gasteiger partial charge >= 0.3 is 0 Å². The van der Waals surface area contributed by atoms with Crippen LogP contribution in [0.15, 0.2) is 30.3 Å². The van der Waals surface area contributed by atoms with Crippen LogP contribution in [0.5, 0.6) is 0 Å². The van der Waals surface area contributed by atoms with Gasteiger partial charge in [0.15, 0.2) is 0 Å². The van der Waals surface area contributed by atoms with Crippen LogP contribution in [-0.2, 0) is 4.79 Å². The summed E-state index contributed by atoms with van der Waals surface area (Å²) in [6.07, 6.45) is 2.13. The molecule has 1 N–H and O–H groups in total. The number of carbonyl (C=O) groups excluding carboxylic acids is 2. The van der Waals surface area contributed by atoms with Crippen molar-refractivity contribution in [1.82, 2.24) is 10.2 Å². The van der Waals surface area contributed by atoms with Crippen LogP contribution < -0.4 is 5.32 Å². The van der Waals surface area contributed by atoms with Crippen molar-refractivity contribution in [1.29, 1.82) is 0 Å². The summed E-state index contributed by atoms with van der Waals surface area (Å²) < 4.78 is 1.09. The van der Waals surface area contributed by atoms with Crippen LogP contribution in [0.2, 0.25) is 0 Å². The fraction of sp³-hybridized carbons (Fsp3) is 0.333. The van der Waals surface area contributed by atoms with E-state index < -0.39 is 0 Å². The predicted molar refractivity (Wildman–Crippen MR) is 80.0 cm³/mol. The SMILES string of the molecule is O=C(NCC(=O)N1CCCC1)c1cc2ccccc2s1. The van der Waals surface area contributed by atoms with Crippen molar-refractivity contribution in [3.05, 3.63) is 35.2 Å². The highest BCUT2D eigenvalue weighted by Gasteiger charge is 2.18. The van der Waals surface area contributed by atoms with Crippen molar-refractivity contribution in [2.24, 2.45) is 0 Å². The van der Waals surface area contributed by atoms with Crippen LogP contribution in [0, 0.1) is 0 Å². The molecule has 104 valence electrons. The smallest absolute Gasteiger partial charge is 0.261 e. The molecule has 0 bridgehead atoms. The Morgan fingerprint density at radius 3 is 2.70 bits per heavy atom. The molecule has 1 fully saturated rings. The van der Waals surface area contributed by atoms with E-state index in [0.717, 1.165) is 36.0 Å². The molecule has 5 heteroatoms. The zero-order valence-electron chi connectivity index (χ0n) is 11.1.